The average Bonchev–Trinajstić information content (AvgIpc) is 3.14. The summed E-state index contributed by atoms with van der Waals surface area (Å²) in [6.45, 7) is 5.44. The van der Waals surface area contributed by atoms with Crippen LogP contribution >= 0.6 is 23.5 Å². The van der Waals surface area contributed by atoms with Gasteiger partial charge >= 0.3 is 0 Å². The number of hydrogen-bond donors (Lipinski definition) is 3. The molecular weight excluding hydrogens is 422 g/mol. The Balaban J connectivity index is 1.82. The van der Waals surface area contributed by atoms with Crippen LogP contribution < -0.4 is 10.6 Å². The fourth-order valence-electron chi connectivity index (χ4n) is 3.95. The van der Waals surface area contributed by atoms with Gasteiger partial charge in [0, 0.05) is 16.4 Å². The normalized spacial score (nSPS) is 23.5. The highest BCUT2D eigenvalue weighted by Crippen LogP contribution is 2.56. The number of aliphatic hydroxyl groups excluding tert-OH is 1. The summed E-state index contributed by atoms with van der Waals surface area (Å²) >= 11 is 3.18. The van der Waals surface area contributed by atoms with E-state index in [1.165, 1.54) is 0 Å². The smallest absolute Gasteiger partial charge is 0.256 e. The molecule has 0 saturated carbocycles. The molecule has 3 rings (SSSR count). The minimum absolute atomic E-state index is 0.146. The molecule has 164 valence electrons. The van der Waals surface area contributed by atoms with Crippen LogP contribution in [0.25, 0.3) is 0 Å². The first kappa shape index (κ1) is 23.0. The minimum Gasteiger partial charge on any atom is -0.394 e. The van der Waals surface area contributed by atoms with Gasteiger partial charge in [-0.25, -0.2) is 0 Å². The second-order valence-corrected chi connectivity index (χ2v) is 10.9. The number of amides is 3. The molecule has 1 fully saturated rings. The Morgan fingerprint density at radius 1 is 1.30 bits per heavy atom. The molecule has 0 spiro atoms. The average molecular weight is 452 g/mol. The van der Waals surface area contributed by atoms with Crippen LogP contribution in [0.3, 0.4) is 0 Å². The van der Waals surface area contributed by atoms with Crippen LogP contribution in [0.5, 0.6) is 0 Å². The van der Waals surface area contributed by atoms with Crippen LogP contribution in [0, 0.1) is 0 Å². The number of thioether (sulfide) groups is 2. The number of aliphatic hydroxyl groups is 1. The highest BCUT2D eigenvalue weighted by atomic mass is 32.2. The van der Waals surface area contributed by atoms with Crippen molar-refractivity contribution < 1.29 is 19.5 Å². The van der Waals surface area contributed by atoms with Gasteiger partial charge in [-0.05, 0) is 50.8 Å². The summed E-state index contributed by atoms with van der Waals surface area (Å²) in [6.07, 6.45) is 2.41. The van der Waals surface area contributed by atoms with Crippen molar-refractivity contribution in [2.75, 3.05) is 18.6 Å². The van der Waals surface area contributed by atoms with Gasteiger partial charge in [-0.2, -0.15) is 11.8 Å². The molecule has 2 heterocycles. The summed E-state index contributed by atoms with van der Waals surface area (Å²) in [4.78, 5) is 40.8. The monoisotopic (exact) mass is 451 g/mol. The summed E-state index contributed by atoms with van der Waals surface area (Å²) in [7, 11) is 0. The van der Waals surface area contributed by atoms with Crippen molar-refractivity contribution in [3.63, 3.8) is 0 Å². The summed E-state index contributed by atoms with van der Waals surface area (Å²) < 4.78 is -0.503. The van der Waals surface area contributed by atoms with Gasteiger partial charge < -0.3 is 20.6 Å². The maximum atomic E-state index is 13.4. The first-order valence-electron chi connectivity index (χ1n) is 10.0. The van der Waals surface area contributed by atoms with Crippen LogP contribution in [0.15, 0.2) is 24.3 Å². The van der Waals surface area contributed by atoms with Crippen molar-refractivity contribution in [1.82, 2.24) is 15.5 Å². The lowest BCUT2D eigenvalue weighted by Gasteiger charge is -2.31. The molecule has 3 amide bonds. The Hall–Kier alpha value is -1.71. The molecule has 7 nitrogen and oxygen atoms in total. The zero-order chi connectivity index (χ0) is 22.1. The highest BCUT2D eigenvalue weighted by molar-refractivity contribution is 8.01. The third-order valence-electron chi connectivity index (χ3n) is 5.45. The van der Waals surface area contributed by atoms with Crippen LogP contribution in [-0.2, 0) is 9.59 Å². The first-order chi connectivity index (χ1) is 14.2. The Morgan fingerprint density at radius 3 is 2.67 bits per heavy atom. The largest absolute Gasteiger partial charge is 0.394 e. The van der Waals surface area contributed by atoms with E-state index in [0.717, 1.165) is 5.56 Å². The van der Waals surface area contributed by atoms with Crippen molar-refractivity contribution in [2.45, 2.75) is 55.4 Å². The minimum atomic E-state index is -0.723. The second kappa shape index (κ2) is 9.20. The number of rotatable bonds is 8. The molecule has 0 bridgehead atoms. The lowest BCUT2D eigenvalue weighted by atomic mass is 10.00. The van der Waals surface area contributed by atoms with Crippen molar-refractivity contribution in [3.05, 3.63) is 35.4 Å². The summed E-state index contributed by atoms with van der Waals surface area (Å²) in [5.74, 6) is -0.0947. The third-order valence-corrected chi connectivity index (χ3v) is 7.63. The molecule has 1 aromatic carbocycles. The number of carbonyl (C=O) groups excluding carboxylic acids is 3. The van der Waals surface area contributed by atoms with E-state index >= 15 is 0 Å². The van der Waals surface area contributed by atoms with E-state index in [1.807, 2.05) is 38.3 Å². The second-order valence-electron chi connectivity index (χ2n) is 8.21. The van der Waals surface area contributed by atoms with Gasteiger partial charge in [-0.3, -0.25) is 14.4 Å². The maximum Gasteiger partial charge on any atom is 0.256 e. The molecule has 9 heteroatoms. The fraction of sp³-hybridized carbons (Fsp3) is 0.571. The molecule has 2 aliphatic rings. The quantitative estimate of drug-likeness (QED) is 0.557. The highest BCUT2D eigenvalue weighted by Gasteiger charge is 2.57. The molecular formula is C21H29N3O4S2. The van der Waals surface area contributed by atoms with Crippen molar-refractivity contribution in [1.29, 1.82) is 0 Å². The van der Waals surface area contributed by atoms with Gasteiger partial charge in [0.15, 0.2) is 0 Å². The molecule has 0 radical (unpaired) electrons. The number of nitrogens with zero attached hydrogens (tertiary/aromatic N) is 1. The van der Waals surface area contributed by atoms with Gasteiger partial charge in [0.25, 0.3) is 5.91 Å². The first-order valence-corrected chi connectivity index (χ1v) is 12.3. The van der Waals surface area contributed by atoms with E-state index in [1.54, 1.807) is 41.4 Å². The molecule has 2 aliphatic heterocycles. The topological polar surface area (TPSA) is 98.7 Å². The number of benzene rings is 1. The molecule has 0 aromatic heterocycles. The molecule has 30 heavy (non-hydrogen) atoms. The zero-order valence-electron chi connectivity index (χ0n) is 17.7. The van der Waals surface area contributed by atoms with E-state index in [-0.39, 0.29) is 29.7 Å². The molecule has 0 unspecified atom stereocenters. The van der Waals surface area contributed by atoms with Gasteiger partial charge in [0.2, 0.25) is 11.8 Å². The fourth-order valence-corrected chi connectivity index (χ4v) is 6.01. The predicted molar refractivity (Wildman–Crippen MR) is 120 cm³/mol. The molecule has 4 atom stereocenters. The summed E-state index contributed by atoms with van der Waals surface area (Å²) in [5.41, 5.74) is 1.57. The van der Waals surface area contributed by atoms with Crippen molar-refractivity contribution in [2.24, 2.45) is 0 Å². The lowest BCUT2D eigenvalue weighted by molar-refractivity contribution is -0.132. The van der Waals surface area contributed by atoms with Gasteiger partial charge in [-0.1, -0.05) is 18.2 Å². The molecule has 1 aromatic rings. The SMILES string of the molecule is CSCC[C@H](NC(=O)[C@@H]1N2C(=O)c3ccccc3[C@@H]2SC1(C)C)C(=O)N[C@@H](C)CO. The summed E-state index contributed by atoms with van der Waals surface area (Å²) in [6, 6.07) is 5.65. The maximum absolute atomic E-state index is 13.4. The Morgan fingerprint density at radius 2 is 2.00 bits per heavy atom. The van der Waals surface area contributed by atoms with Gasteiger partial charge in [0.05, 0.1) is 6.61 Å². The number of hydrogen-bond acceptors (Lipinski definition) is 6. The predicted octanol–water partition coefficient (Wildman–Crippen LogP) is 1.77. The standard InChI is InChI=1S/C21H29N3O4S2/c1-12(11-25)22-17(26)15(9-10-29-4)23-18(27)16-21(2,3)30-20-14-8-6-5-7-13(14)19(28)24(16)20/h5-8,12,15-16,20,25H,9-11H2,1-4H3,(H,22,26)(H,23,27)/t12-,15-,16-,20-/m0/s1. The number of carbonyl (C=O) groups is 3. The van der Waals surface area contributed by atoms with E-state index in [0.29, 0.717) is 17.7 Å². The van der Waals surface area contributed by atoms with Crippen LogP contribution in [0.2, 0.25) is 0 Å². The Labute approximate surface area is 185 Å². The van der Waals surface area contributed by atoms with Crippen molar-refractivity contribution >= 4 is 41.2 Å². The third kappa shape index (κ3) is 4.33. The van der Waals surface area contributed by atoms with Gasteiger partial charge in [-0.15, -0.1) is 11.8 Å². The van der Waals surface area contributed by atoms with Crippen LogP contribution in [-0.4, -0.2) is 69.2 Å². The zero-order valence-corrected chi connectivity index (χ0v) is 19.3. The summed E-state index contributed by atoms with van der Waals surface area (Å²) in [5, 5.41) is 14.6. The van der Waals surface area contributed by atoms with Crippen LogP contribution in [0.4, 0.5) is 0 Å². The van der Waals surface area contributed by atoms with E-state index in [4.69, 9.17) is 0 Å². The number of fused-ring (bicyclic) bond motifs is 3. The van der Waals surface area contributed by atoms with Crippen molar-refractivity contribution in [3.8, 4) is 0 Å². The van der Waals surface area contributed by atoms with Gasteiger partial charge in [0.1, 0.15) is 17.5 Å². The van der Waals surface area contributed by atoms with E-state index in [9.17, 15) is 19.5 Å². The number of nitrogens with one attached hydrogen (secondary N) is 2. The van der Waals surface area contributed by atoms with E-state index in [2.05, 4.69) is 10.6 Å². The molecule has 1 saturated heterocycles. The Bertz CT molecular complexity index is 832. The van der Waals surface area contributed by atoms with E-state index < -0.39 is 22.9 Å². The lowest BCUT2D eigenvalue weighted by Crippen LogP contribution is -2.57. The molecule has 0 aliphatic carbocycles. The van der Waals surface area contributed by atoms with Crippen LogP contribution in [0.1, 0.15) is 48.5 Å². The molecule has 3 N–H and O–H groups in total. The Kier molecular flexibility index (Phi) is 7.04.